The molecule has 6 nitrogen and oxygen atoms in total. The quantitative estimate of drug-likeness (QED) is 0.848. The maximum absolute atomic E-state index is 13.1. The van der Waals surface area contributed by atoms with E-state index in [2.05, 4.69) is 10.1 Å². The van der Waals surface area contributed by atoms with Crippen molar-refractivity contribution in [3.05, 3.63) is 41.5 Å². The molecule has 1 unspecified atom stereocenters. The summed E-state index contributed by atoms with van der Waals surface area (Å²) in [6, 6.07) is 7.17. The number of carbonyl (C=O) groups is 1. The first-order chi connectivity index (χ1) is 12.3. The van der Waals surface area contributed by atoms with Crippen LogP contribution < -0.4 is 4.74 Å². The second-order valence-electron chi connectivity index (χ2n) is 6.86. The van der Waals surface area contributed by atoms with Crippen molar-refractivity contribution < 1.29 is 14.1 Å². The van der Waals surface area contributed by atoms with Crippen molar-refractivity contribution in [2.45, 2.75) is 50.5 Å². The molecule has 1 aliphatic heterocycles. The minimum absolute atomic E-state index is 0.00280. The first-order valence-corrected chi connectivity index (χ1v) is 9.05. The molecule has 2 heterocycles. The second-order valence-corrected chi connectivity index (χ2v) is 6.86. The fourth-order valence-corrected chi connectivity index (χ4v) is 3.42. The number of hydrogen-bond donors (Lipinski definition) is 0. The first-order valence-electron chi connectivity index (χ1n) is 9.05. The van der Waals surface area contributed by atoms with Gasteiger partial charge in [-0.25, -0.2) is 0 Å². The molecule has 1 aromatic carbocycles. The zero-order chi connectivity index (χ0) is 17.2. The van der Waals surface area contributed by atoms with Crippen LogP contribution in [0.3, 0.4) is 0 Å². The largest absolute Gasteiger partial charge is 0.497 e. The average molecular weight is 341 g/mol. The van der Waals surface area contributed by atoms with Crippen LogP contribution in [0.2, 0.25) is 0 Å². The van der Waals surface area contributed by atoms with Crippen LogP contribution in [-0.2, 0) is 0 Å². The summed E-state index contributed by atoms with van der Waals surface area (Å²) in [5.74, 6) is 2.52. The highest BCUT2D eigenvalue weighted by Gasteiger charge is 2.34. The summed E-state index contributed by atoms with van der Waals surface area (Å²) in [5.41, 5.74) is 0.633. The maximum atomic E-state index is 13.1. The Morgan fingerprint density at radius 3 is 2.92 bits per heavy atom. The fourth-order valence-electron chi connectivity index (χ4n) is 3.42. The minimum Gasteiger partial charge on any atom is -0.497 e. The molecule has 2 aliphatic rings. The SMILES string of the molecule is COc1cccc(C(=O)N2CCCCCC2c2nc(C3CC3)no2)c1. The van der Waals surface area contributed by atoms with E-state index in [-0.39, 0.29) is 11.9 Å². The minimum atomic E-state index is -0.138. The highest BCUT2D eigenvalue weighted by atomic mass is 16.5. The van der Waals surface area contributed by atoms with Crippen LogP contribution >= 0.6 is 0 Å². The van der Waals surface area contributed by atoms with Gasteiger partial charge in [-0.05, 0) is 43.9 Å². The van der Waals surface area contributed by atoms with Gasteiger partial charge in [0, 0.05) is 18.0 Å². The molecule has 0 bridgehead atoms. The van der Waals surface area contributed by atoms with Crippen LogP contribution in [0.15, 0.2) is 28.8 Å². The van der Waals surface area contributed by atoms with Gasteiger partial charge in [-0.2, -0.15) is 4.98 Å². The van der Waals surface area contributed by atoms with Gasteiger partial charge in [-0.15, -0.1) is 0 Å². The Balaban J connectivity index is 1.61. The van der Waals surface area contributed by atoms with E-state index in [0.29, 0.717) is 29.7 Å². The molecule has 2 aromatic rings. The lowest BCUT2D eigenvalue weighted by molar-refractivity contribution is 0.0644. The Morgan fingerprint density at radius 2 is 2.12 bits per heavy atom. The number of benzene rings is 1. The Hall–Kier alpha value is -2.37. The van der Waals surface area contributed by atoms with Gasteiger partial charge in [0.2, 0.25) is 5.89 Å². The van der Waals surface area contributed by atoms with Crippen LogP contribution in [0.5, 0.6) is 5.75 Å². The first kappa shape index (κ1) is 16.1. The molecule has 0 radical (unpaired) electrons. The van der Waals surface area contributed by atoms with E-state index >= 15 is 0 Å². The molecule has 132 valence electrons. The van der Waals surface area contributed by atoms with Gasteiger partial charge in [0.15, 0.2) is 5.82 Å². The van der Waals surface area contributed by atoms with Crippen molar-refractivity contribution >= 4 is 5.91 Å². The molecular formula is C19H23N3O3. The van der Waals surface area contributed by atoms with E-state index in [1.54, 1.807) is 13.2 Å². The molecule has 0 spiro atoms. The Kier molecular flexibility index (Phi) is 4.42. The molecule has 1 amide bonds. The summed E-state index contributed by atoms with van der Waals surface area (Å²) in [7, 11) is 1.61. The molecule has 1 atom stereocenters. The highest BCUT2D eigenvalue weighted by molar-refractivity contribution is 5.94. The lowest BCUT2D eigenvalue weighted by Crippen LogP contribution is -2.35. The standard InChI is InChI=1S/C19H23N3O3/c1-24-15-7-5-6-14(12-15)19(23)22-11-4-2-3-8-16(22)18-20-17(21-25-18)13-9-10-13/h5-7,12-13,16H,2-4,8-11H2,1H3. The number of ether oxygens (including phenoxy) is 1. The fraction of sp³-hybridized carbons (Fsp3) is 0.526. The van der Waals surface area contributed by atoms with Gasteiger partial charge in [0.25, 0.3) is 5.91 Å². The van der Waals surface area contributed by atoms with E-state index in [1.807, 2.05) is 23.1 Å². The van der Waals surface area contributed by atoms with Crippen molar-refractivity contribution in [1.82, 2.24) is 15.0 Å². The Bertz CT molecular complexity index is 754. The third-order valence-corrected chi connectivity index (χ3v) is 5.02. The maximum Gasteiger partial charge on any atom is 0.254 e. The van der Waals surface area contributed by atoms with Crippen LogP contribution in [0.4, 0.5) is 0 Å². The number of amides is 1. The third kappa shape index (κ3) is 3.38. The monoisotopic (exact) mass is 341 g/mol. The van der Waals surface area contributed by atoms with Gasteiger partial charge in [0.1, 0.15) is 11.8 Å². The predicted octanol–water partition coefficient (Wildman–Crippen LogP) is 3.71. The second kappa shape index (κ2) is 6.86. The topological polar surface area (TPSA) is 68.5 Å². The van der Waals surface area contributed by atoms with Gasteiger partial charge in [-0.1, -0.05) is 24.1 Å². The molecule has 4 rings (SSSR count). The molecule has 6 heteroatoms. The van der Waals surface area contributed by atoms with Crippen LogP contribution in [0, 0.1) is 0 Å². The number of aromatic nitrogens is 2. The highest BCUT2D eigenvalue weighted by Crippen LogP contribution is 2.39. The number of hydrogen-bond acceptors (Lipinski definition) is 5. The predicted molar refractivity (Wildman–Crippen MR) is 91.5 cm³/mol. The molecular weight excluding hydrogens is 318 g/mol. The summed E-state index contributed by atoms with van der Waals surface area (Å²) in [6.45, 7) is 0.710. The van der Waals surface area contributed by atoms with Crippen LogP contribution in [0.1, 0.15) is 72.6 Å². The molecule has 0 N–H and O–H groups in total. The van der Waals surface area contributed by atoms with Crippen molar-refractivity contribution in [2.24, 2.45) is 0 Å². The smallest absolute Gasteiger partial charge is 0.254 e. The van der Waals surface area contributed by atoms with Crippen molar-refractivity contribution in [3.63, 3.8) is 0 Å². The van der Waals surface area contributed by atoms with E-state index in [4.69, 9.17) is 9.26 Å². The molecule has 1 aliphatic carbocycles. The summed E-state index contributed by atoms with van der Waals surface area (Å²) >= 11 is 0. The van der Waals surface area contributed by atoms with Gasteiger partial charge < -0.3 is 14.2 Å². The zero-order valence-electron chi connectivity index (χ0n) is 14.5. The molecule has 25 heavy (non-hydrogen) atoms. The molecule has 1 aromatic heterocycles. The molecule has 1 saturated carbocycles. The summed E-state index contributed by atoms with van der Waals surface area (Å²) in [5, 5.41) is 4.13. The van der Waals surface area contributed by atoms with E-state index in [1.165, 1.54) is 0 Å². The van der Waals surface area contributed by atoms with Gasteiger partial charge >= 0.3 is 0 Å². The normalized spacial score (nSPS) is 21.0. The van der Waals surface area contributed by atoms with Crippen molar-refractivity contribution in [1.29, 1.82) is 0 Å². The lowest BCUT2D eigenvalue weighted by atomic mass is 10.1. The number of rotatable bonds is 4. The summed E-state index contributed by atoms with van der Waals surface area (Å²) in [6.07, 6.45) is 6.31. The number of methoxy groups -OCH3 is 1. The lowest BCUT2D eigenvalue weighted by Gasteiger charge is -2.27. The van der Waals surface area contributed by atoms with E-state index in [9.17, 15) is 4.79 Å². The number of carbonyl (C=O) groups excluding carboxylic acids is 1. The Labute approximate surface area is 147 Å². The Morgan fingerprint density at radius 1 is 1.24 bits per heavy atom. The number of nitrogens with zero attached hydrogens (tertiary/aromatic N) is 3. The van der Waals surface area contributed by atoms with Crippen molar-refractivity contribution in [2.75, 3.05) is 13.7 Å². The van der Waals surface area contributed by atoms with Crippen LogP contribution in [0.25, 0.3) is 0 Å². The van der Waals surface area contributed by atoms with Gasteiger partial charge in [-0.3, -0.25) is 4.79 Å². The summed E-state index contributed by atoms with van der Waals surface area (Å²) < 4.78 is 10.8. The van der Waals surface area contributed by atoms with Gasteiger partial charge in [0.05, 0.1) is 7.11 Å². The third-order valence-electron chi connectivity index (χ3n) is 5.02. The van der Waals surface area contributed by atoms with Crippen LogP contribution in [-0.4, -0.2) is 34.6 Å². The molecule has 1 saturated heterocycles. The van der Waals surface area contributed by atoms with E-state index in [0.717, 1.165) is 44.3 Å². The van der Waals surface area contributed by atoms with E-state index < -0.39 is 0 Å². The molecule has 2 fully saturated rings. The average Bonchev–Trinajstić information content (AvgIpc) is 3.44. The summed E-state index contributed by atoms with van der Waals surface area (Å²) in [4.78, 5) is 19.6. The number of likely N-dealkylation sites (tertiary alicyclic amines) is 1. The zero-order valence-corrected chi connectivity index (χ0v) is 14.5. The van der Waals surface area contributed by atoms with Crippen molar-refractivity contribution in [3.8, 4) is 5.75 Å².